The van der Waals surface area contributed by atoms with Gasteiger partial charge in [-0.1, -0.05) is 30.3 Å². The molecule has 0 saturated heterocycles. The van der Waals surface area contributed by atoms with Crippen LogP contribution in [-0.2, 0) is 0 Å². The molecule has 0 saturated carbocycles. The zero-order valence-electron chi connectivity index (χ0n) is 23.8. The van der Waals surface area contributed by atoms with Crippen molar-refractivity contribution in [1.29, 1.82) is 0 Å². The molecule has 0 aliphatic rings. The van der Waals surface area contributed by atoms with Gasteiger partial charge in [0.25, 0.3) is 0 Å². The third-order valence-corrected chi connectivity index (χ3v) is 8.66. The van der Waals surface area contributed by atoms with Gasteiger partial charge in [0.1, 0.15) is 10.5 Å². The van der Waals surface area contributed by atoms with E-state index < -0.39 is 0 Å². The van der Waals surface area contributed by atoms with Gasteiger partial charge in [0.15, 0.2) is 17.1 Å². The Morgan fingerprint density at radius 3 is 2.20 bits per heavy atom. The molecule has 9 aromatic rings. The second-order valence-corrected chi connectivity index (χ2v) is 11.4. The molecule has 0 amide bonds. The van der Waals surface area contributed by atoms with Gasteiger partial charge in [0.2, 0.25) is 5.89 Å². The van der Waals surface area contributed by atoms with Crippen LogP contribution >= 0.6 is 11.3 Å². The highest BCUT2D eigenvalue weighted by Gasteiger charge is 2.29. The first-order valence-electron chi connectivity index (χ1n) is 14.4. The van der Waals surface area contributed by atoms with Crippen LogP contribution in [-0.4, -0.2) is 45.1 Å². The van der Waals surface area contributed by atoms with Gasteiger partial charge in [0, 0.05) is 53.1 Å². The first-order valence-corrected chi connectivity index (χ1v) is 15.2. The lowest BCUT2D eigenvalue weighted by Gasteiger charge is -2.18. The van der Waals surface area contributed by atoms with Gasteiger partial charge in [-0.05, 0) is 48.5 Å². The molecule has 9 rings (SSSR count). The van der Waals surface area contributed by atoms with Crippen LogP contribution in [0, 0.1) is 0 Å². The van der Waals surface area contributed by atoms with Crippen molar-refractivity contribution in [2.24, 2.45) is 0 Å². The van der Waals surface area contributed by atoms with E-state index in [1.54, 1.807) is 54.6 Å². The van der Waals surface area contributed by atoms with E-state index in [0.29, 0.717) is 50.8 Å². The maximum Gasteiger partial charge on any atom is 0.248 e. The van der Waals surface area contributed by atoms with Crippen molar-refractivity contribution in [3.8, 4) is 56.1 Å². The summed E-state index contributed by atoms with van der Waals surface area (Å²) in [5.74, 6) is 0.810. The van der Waals surface area contributed by atoms with Crippen LogP contribution in [0.1, 0.15) is 0 Å². The first kappa shape index (κ1) is 26.1. The number of thiazole rings is 1. The molecule has 6 heterocycles. The highest BCUT2D eigenvalue weighted by Crippen LogP contribution is 2.48. The van der Waals surface area contributed by atoms with E-state index in [0.717, 1.165) is 37.4 Å². The molecule has 0 bridgehead atoms. The second kappa shape index (κ2) is 10.7. The van der Waals surface area contributed by atoms with Gasteiger partial charge in [-0.2, -0.15) is 0 Å². The van der Waals surface area contributed by atoms with E-state index in [1.807, 2.05) is 66.7 Å². The molecule has 0 aliphatic carbocycles. The number of oxazole rings is 1. The molecule has 216 valence electrons. The number of pyridine rings is 1. The van der Waals surface area contributed by atoms with Crippen molar-refractivity contribution in [1.82, 2.24) is 45.1 Å². The normalized spacial score (nSPS) is 11.5. The summed E-state index contributed by atoms with van der Waals surface area (Å²) in [5.41, 5.74) is 7.59. The molecule has 0 fully saturated rings. The van der Waals surface area contributed by atoms with Crippen molar-refractivity contribution in [3.05, 3.63) is 116 Å². The maximum absolute atomic E-state index is 6.29. The molecule has 0 spiro atoms. The molecule has 10 nitrogen and oxygen atoms in total. The number of hydrogen-bond acceptors (Lipinski definition) is 11. The Bertz CT molecular complexity index is 2470. The van der Waals surface area contributed by atoms with Crippen molar-refractivity contribution in [3.63, 3.8) is 0 Å². The van der Waals surface area contributed by atoms with Crippen molar-refractivity contribution < 1.29 is 4.42 Å². The topological polar surface area (TPSA) is 129 Å². The molecule has 3 aromatic carbocycles. The summed E-state index contributed by atoms with van der Waals surface area (Å²) >= 11 is 1.56. The smallest absolute Gasteiger partial charge is 0.248 e. The van der Waals surface area contributed by atoms with Crippen LogP contribution in [0.5, 0.6) is 0 Å². The fourth-order valence-corrected chi connectivity index (χ4v) is 6.67. The average molecular weight is 614 g/mol. The highest BCUT2D eigenvalue weighted by atomic mass is 32.1. The van der Waals surface area contributed by atoms with Crippen LogP contribution in [0.3, 0.4) is 0 Å². The predicted octanol–water partition coefficient (Wildman–Crippen LogP) is 7.69. The molecule has 0 aliphatic heterocycles. The third-order valence-electron chi connectivity index (χ3n) is 7.60. The number of rotatable bonds is 5. The Balaban J connectivity index is 1.50. The van der Waals surface area contributed by atoms with Crippen LogP contribution in [0.4, 0.5) is 0 Å². The Hall–Kier alpha value is -6.33. The van der Waals surface area contributed by atoms with Crippen molar-refractivity contribution >= 4 is 43.6 Å². The van der Waals surface area contributed by atoms with Crippen molar-refractivity contribution in [2.75, 3.05) is 0 Å². The average Bonchev–Trinajstić information content (AvgIpc) is 3.76. The van der Waals surface area contributed by atoms with Crippen LogP contribution in [0.2, 0.25) is 0 Å². The van der Waals surface area contributed by atoms with Gasteiger partial charge in [0.05, 0.1) is 38.9 Å². The molecule has 0 atom stereocenters. The standard InChI is InChI=1S/C35H19N9OS/c1-3-11-26-22(9-1)41-34(45-26)32-31(35-42-23-10-2-4-12-27(23)46-35)29-24(43-44-32)18-20(21-8-5-6-13-37-21)28(25-19-36-16-17-38-25)30(29)33-39-14-7-15-40-33/h1-19H. The number of benzene rings is 3. The van der Waals surface area contributed by atoms with Crippen LogP contribution < -0.4 is 0 Å². The van der Waals surface area contributed by atoms with Crippen LogP contribution in [0.15, 0.2) is 120 Å². The fourth-order valence-electron chi connectivity index (χ4n) is 5.65. The Kier molecular flexibility index (Phi) is 6.06. The summed E-state index contributed by atoms with van der Waals surface area (Å²) < 4.78 is 7.32. The maximum atomic E-state index is 6.29. The number of hydrogen-bond donors (Lipinski definition) is 0. The zero-order valence-corrected chi connectivity index (χ0v) is 24.6. The first-order chi connectivity index (χ1) is 22.8. The lowest BCUT2D eigenvalue weighted by atomic mass is 9.89. The summed E-state index contributed by atoms with van der Waals surface area (Å²) in [6.45, 7) is 0. The fraction of sp³-hybridized carbons (Fsp3) is 0. The molecule has 0 N–H and O–H groups in total. The Labute approximate surface area is 264 Å². The second-order valence-electron chi connectivity index (χ2n) is 10.3. The van der Waals surface area contributed by atoms with Gasteiger partial charge < -0.3 is 4.42 Å². The minimum Gasteiger partial charge on any atom is -0.435 e. The molecule has 11 heteroatoms. The van der Waals surface area contributed by atoms with Gasteiger partial charge >= 0.3 is 0 Å². The summed E-state index contributed by atoms with van der Waals surface area (Å²) in [6.07, 6.45) is 10.2. The number of fused-ring (bicyclic) bond motifs is 3. The number of para-hydroxylation sites is 3. The Morgan fingerprint density at radius 1 is 0.587 bits per heavy atom. The molecular formula is C35H19N9OS. The summed E-state index contributed by atoms with van der Waals surface area (Å²) in [4.78, 5) is 33.3. The van der Waals surface area contributed by atoms with E-state index in [1.165, 1.54) is 0 Å². The summed E-state index contributed by atoms with van der Waals surface area (Å²) in [7, 11) is 0. The monoisotopic (exact) mass is 613 g/mol. The predicted molar refractivity (Wildman–Crippen MR) is 176 cm³/mol. The Morgan fingerprint density at radius 2 is 1.39 bits per heavy atom. The largest absolute Gasteiger partial charge is 0.435 e. The number of aromatic nitrogens is 9. The van der Waals surface area contributed by atoms with Gasteiger partial charge in [-0.25, -0.2) is 19.9 Å². The number of nitrogens with zero attached hydrogens (tertiary/aromatic N) is 9. The molecule has 6 aromatic heterocycles. The molecule has 46 heavy (non-hydrogen) atoms. The van der Waals surface area contributed by atoms with Gasteiger partial charge in [-0.3, -0.25) is 15.0 Å². The molecule has 0 unspecified atom stereocenters. The minimum absolute atomic E-state index is 0.333. The summed E-state index contributed by atoms with van der Waals surface area (Å²) in [5, 5.41) is 11.0. The zero-order chi connectivity index (χ0) is 30.5. The SMILES string of the molecule is c1ccc(-c2cc3nnc(-c4nc5ccccc5o4)c(-c4nc5ccccc5s4)c3c(-c3ncccn3)c2-c2cnccn2)nc1. The summed E-state index contributed by atoms with van der Waals surface area (Å²) in [6, 6.07) is 25.2. The lowest BCUT2D eigenvalue weighted by Crippen LogP contribution is -2.03. The minimum atomic E-state index is 0.333. The van der Waals surface area contributed by atoms with E-state index >= 15 is 0 Å². The lowest BCUT2D eigenvalue weighted by molar-refractivity contribution is 0.616. The van der Waals surface area contributed by atoms with E-state index in [2.05, 4.69) is 11.1 Å². The van der Waals surface area contributed by atoms with E-state index in [9.17, 15) is 0 Å². The van der Waals surface area contributed by atoms with Crippen molar-refractivity contribution in [2.45, 2.75) is 0 Å². The third kappa shape index (κ3) is 4.29. The highest BCUT2D eigenvalue weighted by molar-refractivity contribution is 7.21. The molecule has 0 radical (unpaired) electrons. The van der Waals surface area contributed by atoms with E-state index in [-0.39, 0.29) is 0 Å². The van der Waals surface area contributed by atoms with Crippen LogP contribution in [0.25, 0.3) is 88.3 Å². The van der Waals surface area contributed by atoms with Gasteiger partial charge in [-0.15, -0.1) is 21.5 Å². The quantitative estimate of drug-likeness (QED) is 0.190. The van der Waals surface area contributed by atoms with E-state index in [4.69, 9.17) is 44.5 Å². The molecular weight excluding hydrogens is 595 g/mol.